The number of hydrogen-bond donors (Lipinski definition) is 0. The molecule has 0 bridgehead atoms. The van der Waals surface area contributed by atoms with Crippen molar-refractivity contribution in [3.63, 3.8) is 0 Å². The maximum absolute atomic E-state index is 11.9. The van der Waals surface area contributed by atoms with Crippen molar-refractivity contribution in [2.75, 3.05) is 6.61 Å². The van der Waals surface area contributed by atoms with Crippen molar-refractivity contribution in [3.05, 3.63) is 0 Å². The molecule has 0 N–H and O–H groups in total. The van der Waals surface area contributed by atoms with Crippen molar-refractivity contribution in [1.82, 2.24) is 0 Å². The fourth-order valence-corrected chi connectivity index (χ4v) is 2.71. The van der Waals surface area contributed by atoms with Gasteiger partial charge in [-0.2, -0.15) is 0 Å². The summed E-state index contributed by atoms with van der Waals surface area (Å²) in [6.07, 6.45) is 7.27. The second-order valence-electron chi connectivity index (χ2n) is 4.90. The summed E-state index contributed by atoms with van der Waals surface area (Å²) >= 11 is 0. The lowest BCUT2D eigenvalue weighted by Crippen LogP contribution is -2.17. The molecule has 2 atom stereocenters. The topological polar surface area (TPSA) is 26.3 Å². The maximum atomic E-state index is 11.9. The van der Waals surface area contributed by atoms with Crippen LogP contribution in [0.1, 0.15) is 45.4 Å². The molecule has 0 aromatic heterocycles. The number of hydrogen-bond acceptors (Lipinski definition) is 2. The lowest BCUT2D eigenvalue weighted by atomic mass is 9.92. The summed E-state index contributed by atoms with van der Waals surface area (Å²) in [5.41, 5.74) is 0. The predicted molar refractivity (Wildman–Crippen MR) is 55.1 cm³/mol. The summed E-state index contributed by atoms with van der Waals surface area (Å²) in [4.78, 5) is 11.9. The number of carbonyl (C=O) groups excluding carboxylic acids is 1. The minimum atomic E-state index is 0.214. The van der Waals surface area contributed by atoms with E-state index in [0.717, 1.165) is 12.8 Å². The van der Waals surface area contributed by atoms with Gasteiger partial charge in [0.1, 0.15) is 5.78 Å². The number of ether oxygens (including phenoxy) is 1. The van der Waals surface area contributed by atoms with Crippen molar-refractivity contribution in [1.29, 1.82) is 0 Å². The smallest absolute Gasteiger partial charge is 0.138 e. The molecule has 0 aromatic rings. The van der Waals surface area contributed by atoms with Crippen molar-refractivity contribution >= 4 is 5.78 Å². The second-order valence-corrected chi connectivity index (χ2v) is 4.90. The van der Waals surface area contributed by atoms with Crippen LogP contribution < -0.4 is 0 Å². The molecule has 0 amide bonds. The maximum Gasteiger partial charge on any atom is 0.138 e. The van der Waals surface area contributed by atoms with E-state index in [-0.39, 0.29) is 5.92 Å². The molecular formula is C12H20O2. The van der Waals surface area contributed by atoms with Crippen molar-refractivity contribution in [2.24, 2.45) is 11.8 Å². The van der Waals surface area contributed by atoms with Gasteiger partial charge >= 0.3 is 0 Å². The van der Waals surface area contributed by atoms with Gasteiger partial charge in [-0.05, 0) is 19.3 Å². The molecule has 2 unspecified atom stereocenters. The van der Waals surface area contributed by atoms with Crippen LogP contribution in [-0.2, 0) is 9.53 Å². The average Bonchev–Trinajstić information content (AvgIpc) is 2.75. The first kappa shape index (κ1) is 10.2. The van der Waals surface area contributed by atoms with Crippen LogP contribution in [0.3, 0.4) is 0 Å². The molecule has 1 saturated heterocycles. The molecule has 2 aliphatic rings. The van der Waals surface area contributed by atoms with Gasteiger partial charge < -0.3 is 4.74 Å². The van der Waals surface area contributed by atoms with Crippen LogP contribution in [0, 0.1) is 11.8 Å². The van der Waals surface area contributed by atoms with Gasteiger partial charge in [-0.25, -0.2) is 0 Å². The lowest BCUT2D eigenvalue weighted by molar-refractivity contribution is -0.123. The third kappa shape index (κ3) is 2.35. The minimum absolute atomic E-state index is 0.214. The van der Waals surface area contributed by atoms with E-state index >= 15 is 0 Å². The van der Waals surface area contributed by atoms with E-state index in [1.54, 1.807) is 0 Å². The Morgan fingerprint density at radius 2 is 2.07 bits per heavy atom. The monoisotopic (exact) mass is 196 g/mol. The van der Waals surface area contributed by atoms with Crippen LogP contribution in [0.4, 0.5) is 0 Å². The number of rotatable bonds is 3. The summed E-state index contributed by atoms with van der Waals surface area (Å²) in [5, 5.41) is 0. The summed E-state index contributed by atoms with van der Waals surface area (Å²) in [5.74, 6) is 1.37. The first-order valence-electron chi connectivity index (χ1n) is 5.90. The zero-order chi connectivity index (χ0) is 9.97. The van der Waals surface area contributed by atoms with E-state index in [9.17, 15) is 4.79 Å². The number of ketones is 1. The SMILES string of the molecule is CC1CC(C(=O)CC2CCCC2)CO1. The van der Waals surface area contributed by atoms with E-state index in [1.807, 2.05) is 0 Å². The third-order valence-electron chi connectivity index (χ3n) is 3.62. The molecule has 2 heteroatoms. The zero-order valence-electron chi connectivity index (χ0n) is 9.00. The predicted octanol–water partition coefficient (Wildman–Crippen LogP) is 2.56. The molecule has 1 saturated carbocycles. The summed E-state index contributed by atoms with van der Waals surface area (Å²) in [6, 6.07) is 0. The van der Waals surface area contributed by atoms with Gasteiger partial charge in [-0.3, -0.25) is 4.79 Å². The second kappa shape index (κ2) is 4.43. The average molecular weight is 196 g/mol. The highest BCUT2D eigenvalue weighted by molar-refractivity contribution is 5.81. The highest BCUT2D eigenvalue weighted by Gasteiger charge is 2.30. The molecule has 0 spiro atoms. The van der Waals surface area contributed by atoms with Crippen molar-refractivity contribution < 1.29 is 9.53 Å². The molecule has 2 rings (SSSR count). The Morgan fingerprint density at radius 3 is 2.64 bits per heavy atom. The van der Waals surface area contributed by atoms with Crippen LogP contribution in [0.15, 0.2) is 0 Å². The summed E-state index contributed by atoms with van der Waals surface area (Å²) < 4.78 is 5.43. The quantitative estimate of drug-likeness (QED) is 0.693. The molecule has 2 nitrogen and oxygen atoms in total. The Hall–Kier alpha value is -0.370. The first-order chi connectivity index (χ1) is 6.75. The molecule has 2 fully saturated rings. The van der Waals surface area contributed by atoms with Crippen LogP contribution in [-0.4, -0.2) is 18.5 Å². The minimum Gasteiger partial charge on any atom is -0.378 e. The van der Waals surface area contributed by atoms with Gasteiger partial charge in [0, 0.05) is 12.3 Å². The van der Waals surface area contributed by atoms with Crippen LogP contribution in [0.25, 0.3) is 0 Å². The van der Waals surface area contributed by atoms with Gasteiger partial charge in [-0.1, -0.05) is 25.7 Å². The van der Waals surface area contributed by atoms with E-state index < -0.39 is 0 Å². The van der Waals surface area contributed by atoms with Crippen LogP contribution in [0.5, 0.6) is 0 Å². The summed E-state index contributed by atoms with van der Waals surface area (Å²) in [6.45, 7) is 2.73. The fourth-order valence-electron chi connectivity index (χ4n) is 2.71. The van der Waals surface area contributed by atoms with Crippen LogP contribution >= 0.6 is 0 Å². The molecule has 14 heavy (non-hydrogen) atoms. The van der Waals surface area contributed by atoms with Gasteiger partial charge in [0.2, 0.25) is 0 Å². The first-order valence-corrected chi connectivity index (χ1v) is 5.90. The van der Waals surface area contributed by atoms with E-state index in [2.05, 4.69) is 6.92 Å². The third-order valence-corrected chi connectivity index (χ3v) is 3.62. The van der Waals surface area contributed by atoms with E-state index in [4.69, 9.17) is 4.74 Å². The van der Waals surface area contributed by atoms with Gasteiger partial charge in [0.25, 0.3) is 0 Å². The zero-order valence-corrected chi connectivity index (χ0v) is 9.00. The Morgan fingerprint density at radius 1 is 1.36 bits per heavy atom. The van der Waals surface area contributed by atoms with Gasteiger partial charge in [0.15, 0.2) is 0 Å². The van der Waals surface area contributed by atoms with Gasteiger partial charge in [0.05, 0.1) is 12.7 Å². The normalized spacial score (nSPS) is 33.8. The Kier molecular flexibility index (Phi) is 3.22. The highest BCUT2D eigenvalue weighted by atomic mass is 16.5. The van der Waals surface area contributed by atoms with Crippen LogP contribution in [0.2, 0.25) is 0 Å². The molecule has 1 heterocycles. The molecular weight excluding hydrogens is 176 g/mol. The van der Waals surface area contributed by atoms with Crippen molar-refractivity contribution in [3.8, 4) is 0 Å². The molecule has 1 aliphatic heterocycles. The van der Waals surface area contributed by atoms with E-state index in [0.29, 0.717) is 24.4 Å². The molecule has 80 valence electrons. The van der Waals surface area contributed by atoms with Gasteiger partial charge in [-0.15, -0.1) is 0 Å². The lowest BCUT2D eigenvalue weighted by Gasteiger charge is -2.11. The number of Topliss-reactive ketones (excluding diaryl/α,β-unsaturated/α-hetero) is 1. The Balaban J connectivity index is 1.77. The van der Waals surface area contributed by atoms with E-state index in [1.165, 1.54) is 25.7 Å². The highest BCUT2D eigenvalue weighted by Crippen LogP contribution is 2.30. The summed E-state index contributed by atoms with van der Waals surface area (Å²) in [7, 11) is 0. The molecule has 0 radical (unpaired) electrons. The Labute approximate surface area is 86.0 Å². The molecule has 0 aromatic carbocycles. The fraction of sp³-hybridized carbons (Fsp3) is 0.917. The Bertz CT molecular complexity index is 206. The largest absolute Gasteiger partial charge is 0.378 e. The molecule has 1 aliphatic carbocycles. The number of carbonyl (C=O) groups is 1. The van der Waals surface area contributed by atoms with Crippen molar-refractivity contribution in [2.45, 2.75) is 51.6 Å². The standard InChI is InChI=1S/C12H20O2/c1-9-6-11(8-14-9)12(13)7-10-4-2-3-5-10/h9-11H,2-8H2,1H3.